The van der Waals surface area contributed by atoms with Crippen LogP contribution >= 0.6 is 0 Å². The van der Waals surface area contributed by atoms with Crippen molar-refractivity contribution in [3.05, 3.63) is 117 Å². The summed E-state index contributed by atoms with van der Waals surface area (Å²) in [4.78, 5) is 38.7. The first-order valence-electron chi connectivity index (χ1n) is 19.7. The molecule has 0 saturated carbocycles. The number of esters is 2. The molecule has 2 aliphatic heterocycles. The highest BCUT2D eigenvalue weighted by atomic mass is 16.7. The average molecular weight is 895 g/mol. The van der Waals surface area contributed by atoms with Crippen LogP contribution in [0.1, 0.15) is 45.8 Å². The van der Waals surface area contributed by atoms with Gasteiger partial charge in [-0.1, -0.05) is 65.8 Å². The first-order chi connectivity index (χ1) is 30.2. The number of carbonyl (C=O) groups excluding carboxylic acids is 2. The molecule has 3 aromatic rings. The van der Waals surface area contributed by atoms with Gasteiger partial charge in [0.1, 0.15) is 82.6 Å². The quantitative estimate of drug-likeness (QED) is 0.0292. The second kappa shape index (κ2) is 21.0. The van der Waals surface area contributed by atoms with E-state index in [2.05, 4.69) is 0 Å². The predicted molar refractivity (Wildman–Crippen MR) is 225 cm³/mol. The number of aliphatic hydroxyl groups is 7. The van der Waals surface area contributed by atoms with E-state index in [1.54, 1.807) is 48.6 Å². The Balaban J connectivity index is 1.15. The molecule has 5 rings (SSSR count). The number of aromatic hydroxyl groups is 4. The lowest BCUT2D eigenvalue weighted by Gasteiger charge is -2.40. The van der Waals surface area contributed by atoms with Crippen molar-refractivity contribution < 1.29 is 89.1 Å². The summed E-state index contributed by atoms with van der Waals surface area (Å²) in [5.41, 5.74) is -0.164. The number of aliphatic hydroxyl groups excluding tert-OH is 7. The van der Waals surface area contributed by atoms with Crippen molar-refractivity contribution in [3.63, 3.8) is 0 Å². The number of rotatable bonds is 13. The zero-order chi connectivity index (χ0) is 47.2. The highest BCUT2D eigenvalue weighted by Gasteiger charge is 2.48. The molecule has 64 heavy (non-hydrogen) atoms. The van der Waals surface area contributed by atoms with Gasteiger partial charge in [-0.25, -0.2) is 4.79 Å². The third kappa shape index (κ3) is 11.1. The van der Waals surface area contributed by atoms with Gasteiger partial charge in [0.15, 0.2) is 11.5 Å². The van der Waals surface area contributed by atoms with Crippen molar-refractivity contribution in [3.8, 4) is 23.0 Å². The minimum atomic E-state index is -1.96. The molecule has 2 saturated heterocycles. The fourth-order valence-electron chi connectivity index (χ4n) is 6.71. The van der Waals surface area contributed by atoms with Gasteiger partial charge in [0.05, 0.1) is 30.1 Å². The van der Waals surface area contributed by atoms with Gasteiger partial charge in [-0.2, -0.15) is 0 Å². The van der Waals surface area contributed by atoms with E-state index >= 15 is 0 Å². The van der Waals surface area contributed by atoms with E-state index in [-0.39, 0.29) is 27.9 Å². The molecular formula is C45H50O19. The summed E-state index contributed by atoms with van der Waals surface area (Å²) in [7, 11) is 0. The van der Waals surface area contributed by atoms with Gasteiger partial charge in [0.2, 0.25) is 11.7 Å². The third-order valence-corrected chi connectivity index (χ3v) is 10.3. The van der Waals surface area contributed by atoms with Crippen LogP contribution in [0.25, 0.3) is 21.9 Å². The molecule has 19 nitrogen and oxygen atoms in total. The number of allylic oxidation sites excluding steroid dienone is 13. The van der Waals surface area contributed by atoms with Crippen molar-refractivity contribution in [2.45, 2.75) is 95.3 Å². The Morgan fingerprint density at radius 1 is 0.672 bits per heavy atom. The highest BCUT2D eigenvalue weighted by Crippen LogP contribution is 2.45. The van der Waals surface area contributed by atoms with Gasteiger partial charge < -0.3 is 79.5 Å². The van der Waals surface area contributed by atoms with Crippen LogP contribution in [-0.2, 0) is 28.5 Å². The SMILES string of the molecule is CC(C=CC=C(C)OC(=O)CC1OC(c2c(O)cc3oc4cc(O)c(O)cc4c(=O)c3c2O)C(O)C(O)C1O)=CC=CC=C(C)C=CC=C(C)C(=O)OC1OC(CO)C(O)C(O)C1O. The van der Waals surface area contributed by atoms with Crippen LogP contribution in [0, 0.1) is 0 Å². The second-order valence-electron chi connectivity index (χ2n) is 15.2. The number of benzene rings is 2. The Kier molecular flexibility index (Phi) is 16.1. The normalized spacial score (nSPS) is 27.6. The molecule has 3 heterocycles. The molecule has 0 spiro atoms. The molecule has 10 unspecified atom stereocenters. The molecule has 10 atom stereocenters. The number of ether oxygens (including phenoxy) is 4. The van der Waals surface area contributed by atoms with Crippen molar-refractivity contribution in [2.24, 2.45) is 0 Å². The van der Waals surface area contributed by atoms with Crippen molar-refractivity contribution in [2.75, 3.05) is 6.61 Å². The summed E-state index contributed by atoms with van der Waals surface area (Å²) in [6, 6.07) is 2.82. The highest BCUT2D eigenvalue weighted by molar-refractivity contribution is 5.96. The van der Waals surface area contributed by atoms with Gasteiger partial charge in [0, 0.05) is 17.7 Å². The fraction of sp³-hybridized carbons (Fsp3) is 0.356. The van der Waals surface area contributed by atoms with Crippen molar-refractivity contribution in [1.29, 1.82) is 0 Å². The maximum Gasteiger partial charge on any atom is 0.336 e. The molecule has 19 heteroatoms. The first-order valence-corrected chi connectivity index (χ1v) is 19.7. The molecule has 0 bridgehead atoms. The van der Waals surface area contributed by atoms with Gasteiger partial charge in [0.25, 0.3) is 0 Å². The first kappa shape index (κ1) is 48.9. The summed E-state index contributed by atoms with van der Waals surface area (Å²) in [6.07, 6.45) is -0.710. The summed E-state index contributed by atoms with van der Waals surface area (Å²) < 4.78 is 26.9. The van der Waals surface area contributed by atoms with Crippen molar-refractivity contribution >= 4 is 33.9 Å². The molecule has 0 radical (unpaired) electrons. The molecule has 2 fully saturated rings. The predicted octanol–water partition coefficient (Wildman–Crippen LogP) is 1.98. The van der Waals surface area contributed by atoms with E-state index in [0.717, 1.165) is 29.3 Å². The van der Waals surface area contributed by atoms with E-state index in [1.807, 2.05) is 13.8 Å². The molecule has 11 N–H and O–H groups in total. The van der Waals surface area contributed by atoms with E-state index < -0.39 is 126 Å². The van der Waals surface area contributed by atoms with Crippen LogP contribution in [0.15, 0.2) is 111 Å². The number of phenolic OH excluding ortho intramolecular Hbond substituents is 4. The summed E-state index contributed by atoms with van der Waals surface area (Å²) in [5, 5.41) is 112. The maximum atomic E-state index is 13.3. The van der Waals surface area contributed by atoms with E-state index in [0.29, 0.717) is 0 Å². The second-order valence-corrected chi connectivity index (χ2v) is 15.2. The van der Waals surface area contributed by atoms with Crippen LogP contribution in [0.2, 0.25) is 0 Å². The van der Waals surface area contributed by atoms with E-state index in [1.165, 1.54) is 26.0 Å². The van der Waals surface area contributed by atoms with Gasteiger partial charge in [-0.05, 0) is 39.8 Å². The average Bonchev–Trinajstić information content (AvgIpc) is 3.23. The summed E-state index contributed by atoms with van der Waals surface area (Å²) >= 11 is 0. The number of hydrogen-bond acceptors (Lipinski definition) is 19. The maximum absolute atomic E-state index is 13.3. The Morgan fingerprint density at radius 2 is 1.25 bits per heavy atom. The topological polar surface area (TPSA) is 324 Å². The molecule has 1 aromatic heterocycles. The third-order valence-electron chi connectivity index (χ3n) is 10.3. The van der Waals surface area contributed by atoms with Crippen LogP contribution in [0.4, 0.5) is 0 Å². The van der Waals surface area contributed by atoms with Gasteiger partial charge in [-0.3, -0.25) is 9.59 Å². The number of fused-ring (bicyclic) bond motifs is 2. The molecule has 2 aromatic carbocycles. The monoisotopic (exact) mass is 894 g/mol. The molecule has 0 aliphatic carbocycles. The van der Waals surface area contributed by atoms with Crippen LogP contribution in [-0.4, -0.2) is 130 Å². The zero-order valence-electron chi connectivity index (χ0n) is 34.9. The minimum absolute atomic E-state index is 0.145. The number of phenols is 4. The lowest BCUT2D eigenvalue weighted by Crippen LogP contribution is -2.59. The summed E-state index contributed by atoms with van der Waals surface area (Å²) in [6.45, 7) is 5.93. The number of carbonyl (C=O) groups is 2. The van der Waals surface area contributed by atoms with Crippen LogP contribution in [0.5, 0.6) is 23.0 Å². The standard InChI is InChI=1S/C45H50O19/c1-20(11-7-13-22(3)44(59)64-45-42(58)40(56)37(53)31(19-46)63-45)9-5-6-10-21(2)12-8-14-23(4)60-32(50)18-30-36(52)39(55)41(57)43(62-30)33-27(49)17-29-34(38(33)54)35(51)24-15-25(47)26(48)16-28(24)61-29/h5-17,30-31,36-37,39-43,45-49,52-58H,18-19H2,1-4H3. The lowest BCUT2D eigenvalue weighted by molar-refractivity contribution is -0.291. The van der Waals surface area contributed by atoms with Gasteiger partial charge >= 0.3 is 11.9 Å². The Morgan fingerprint density at radius 3 is 1.89 bits per heavy atom. The molecule has 344 valence electrons. The zero-order valence-corrected chi connectivity index (χ0v) is 34.9. The van der Waals surface area contributed by atoms with Gasteiger partial charge in [-0.15, -0.1) is 0 Å². The van der Waals surface area contributed by atoms with Crippen LogP contribution in [0.3, 0.4) is 0 Å². The minimum Gasteiger partial charge on any atom is -0.507 e. The Hall–Kier alpha value is -6.13. The fourth-order valence-corrected chi connectivity index (χ4v) is 6.71. The molecule has 0 amide bonds. The summed E-state index contributed by atoms with van der Waals surface area (Å²) in [5.74, 6) is -4.48. The Bertz CT molecular complexity index is 2510. The van der Waals surface area contributed by atoms with E-state index in [4.69, 9.17) is 23.4 Å². The largest absolute Gasteiger partial charge is 0.507 e. The molecular weight excluding hydrogens is 844 g/mol. The molecule has 2 aliphatic rings. The lowest BCUT2D eigenvalue weighted by atomic mass is 9.88. The Labute approximate surface area is 364 Å². The van der Waals surface area contributed by atoms with E-state index in [9.17, 15) is 70.6 Å². The smallest absolute Gasteiger partial charge is 0.336 e. The van der Waals surface area contributed by atoms with Crippen LogP contribution < -0.4 is 5.43 Å². The van der Waals surface area contributed by atoms with Crippen molar-refractivity contribution in [1.82, 2.24) is 0 Å². The number of hydrogen-bond donors (Lipinski definition) is 11.